The van der Waals surface area contributed by atoms with Crippen molar-refractivity contribution in [3.63, 3.8) is 0 Å². The number of hydrogen-bond donors (Lipinski definition) is 0. The van der Waals surface area contributed by atoms with Crippen LogP contribution in [0.4, 0.5) is 5.95 Å². The van der Waals surface area contributed by atoms with Gasteiger partial charge in [0.05, 0.1) is 0 Å². The highest BCUT2D eigenvalue weighted by molar-refractivity contribution is 5.29. The van der Waals surface area contributed by atoms with E-state index >= 15 is 0 Å². The van der Waals surface area contributed by atoms with Crippen molar-refractivity contribution < 1.29 is 4.42 Å². The third-order valence-electron chi connectivity index (χ3n) is 3.06. The van der Waals surface area contributed by atoms with Crippen LogP contribution in [0.3, 0.4) is 0 Å². The number of aromatic nitrogens is 4. The third kappa shape index (κ3) is 2.11. The molecule has 0 radical (unpaired) electrons. The quantitative estimate of drug-likeness (QED) is 0.774. The second kappa shape index (κ2) is 4.48. The Morgan fingerprint density at radius 1 is 1.18 bits per heavy atom. The molecule has 6 nitrogen and oxygen atoms in total. The van der Waals surface area contributed by atoms with Gasteiger partial charge in [0.2, 0.25) is 18.2 Å². The van der Waals surface area contributed by atoms with E-state index in [-0.39, 0.29) is 0 Å². The van der Waals surface area contributed by atoms with Crippen molar-refractivity contribution in [2.75, 3.05) is 18.0 Å². The summed E-state index contributed by atoms with van der Waals surface area (Å²) in [6.07, 6.45) is 6.93. The number of piperidine rings is 1. The van der Waals surface area contributed by atoms with Crippen molar-refractivity contribution in [1.82, 2.24) is 20.2 Å². The molecule has 6 heteroatoms. The molecular weight excluding hydrogens is 218 g/mol. The summed E-state index contributed by atoms with van der Waals surface area (Å²) in [5.41, 5.74) is 0. The van der Waals surface area contributed by atoms with E-state index in [1.165, 1.54) is 6.39 Å². The van der Waals surface area contributed by atoms with Crippen molar-refractivity contribution in [3.05, 3.63) is 30.7 Å². The molecule has 0 unspecified atom stereocenters. The van der Waals surface area contributed by atoms with Crippen LogP contribution in [0.5, 0.6) is 0 Å². The van der Waals surface area contributed by atoms with Gasteiger partial charge in [0.15, 0.2) is 0 Å². The lowest BCUT2D eigenvalue weighted by molar-refractivity contribution is 0.391. The van der Waals surface area contributed by atoms with Gasteiger partial charge in [-0.05, 0) is 18.9 Å². The zero-order chi connectivity index (χ0) is 11.5. The number of anilines is 1. The van der Waals surface area contributed by atoms with E-state index in [1.807, 2.05) is 6.07 Å². The van der Waals surface area contributed by atoms with Gasteiger partial charge >= 0.3 is 0 Å². The fourth-order valence-corrected chi connectivity index (χ4v) is 2.14. The van der Waals surface area contributed by atoms with Gasteiger partial charge in [0.1, 0.15) is 0 Å². The monoisotopic (exact) mass is 231 g/mol. The number of rotatable bonds is 2. The predicted molar refractivity (Wildman–Crippen MR) is 60.5 cm³/mol. The molecule has 0 aromatic carbocycles. The van der Waals surface area contributed by atoms with Gasteiger partial charge in [-0.3, -0.25) is 0 Å². The van der Waals surface area contributed by atoms with Gasteiger partial charge in [0, 0.05) is 31.4 Å². The zero-order valence-electron chi connectivity index (χ0n) is 9.36. The maximum absolute atomic E-state index is 5.24. The van der Waals surface area contributed by atoms with E-state index in [2.05, 4.69) is 25.1 Å². The molecule has 0 N–H and O–H groups in total. The van der Waals surface area contributed by atoms with Crippen molar-refractivity contribution in [3.8, 4) is 0 Å². The van der Waals surface area contributed by atoms with Crippen LogP contribution in [0.1, 0.15) is 24.7 Å². The first kappa shape index (κ1) is 10.2. The molecule has 0 spiro atoms. The summed E-state index contributed by atoms with van der Waals surface area (Å²) in [5, 5.41) is 7.69. The van der Waals surface area contributed by atoms with Gasteiger partial charge in [-0.25, -0.2) is 9.97 Å². The van der Waals surface area contributed by atoms with E-state index in [4.69, 9.17) is 4.42 Å². The number of hydrogen-bond acceptors (Lipinski definition) is 6. The molecule has 2 aromatic rings. The van der Waals surface area contributed by atoms with Crippen LogP contribution in [-0.4, -0.2) is 33.3 Å². The lowest BCUT2D eigenvalue weighted by Gasteiger charge is -2.30. The summed E-state index contributed by atoms with van der Waals surface area (Å²) >= 11 is 0. The SMILES string of the molecule is c1cnc(N2CCC(c3nnco3)CC2)nc1. The zero-order valence-corrected chi connectivity index (χ0v) is 9.36. The summed E-state index contributed by atoms with van der Waals surface area (Å²) in [7, 11) is 0. The minimum Gasteiger partial charge on any atom is -0.428 e. The highest BCUT2D eigenvalue weighted by atomic mass is 16.4. The van der Waals surface area contributed by atoms with Crippen LogP contribution in [0.15, 0.2) is 29.3 Å². The van der Waals surface area contributed by atoms with Gasteiger partial charge in [-0.2, -0.15) is 0 Å². The van der Waals surface area contributed by atoms with E-state index in [0.717, 1.165) is 37.8 Å². The molecule has 0 saturated carbocycles. The molecule has 0 atom stereocenters. The minimum atomic E-state index is 0.373. The van der Waals surface area contributed by atoms with Crippen molar-refractivity contribution in [1.29, 1.82) is 0 Å². The summed E-state index contributed by atoms with van der Waals surface area (Å²) in [4.78, 5) is 10.7. The Bertz CT molecular complexity index is 450. The maximum atomic E-state index is 5.24. The van der Waals surface area contributed by atoms with Crippen molar-refractivity contribution in [2.45, 2.75) is 18.8 Å². The smallest absolute Gasteiger partial charge is 0.225 e. The largest absolute Gasteiger partial charge is 0.428 e. The summed E-state index contributed by atoms with van der Waals surface area (Å²) in [6.45, 7) is 1.86. The first-order valence-electron chi connectivity index (χ1n) is 5.71. The van der Waals surface area contributed by atoms with Gasteiger partial charge in [-0.15, -0.1) is 10.2 Å². The highest BCUT2D eigenvalue weighted by Gasteiger charge is 2.24. The lowest BCUT2D eigenvalue weighted by Crippen LogP contribution is -2.34. The summed E-state index contributed by atoms with van der Waals surface area (Å²) in [6, 6.07) is 1.83. The number of nitrogens with zero attached hydrogens (tertiary/aromatic N) is 5. The lowest BCUT2D eigenvalue weighted by atomic mass is 9.97. The Hall–Kier alpha value is -1.98. The minimum absolute atomic E-state index is 0.373. The molecule has 0 bridgehead atoms. The Morgan fingerprint density at radius 2 is 1.94 bits per heavy atom. The standard InChI is InChI=1S/C11H13N5O/c1-4-12-11(13-5-1)16-6-2-9(3-7-16)10-15-14-8-17-10/h1,4-5,8-9H,2-3,6-7H2. The summed E-state index contributed by atoms with van der Waals surface area (Å²) < 4.78 is 5.24. The van der Waals surface area contributed by atoms with Crippen LogP contribution in [-0.2, 0) is 0 Å². The fraction of sp³-hybridized carbons (Fsp3) is 0.455. The molecule has 0 amide bonds. The topological polar surface area (TPSA) is 67.9 Å². The molecule has 1 saturated heterocycles. The third-order valence-corrected chi connectivity index (χ3v) is 3.06. The molecule has 1 aliphatic rings. The normalized spacial score (nSPS) is 17.3. The molecule has 3 heterocycles. The average molecular weight is 231 g/mol. The molecule has 1 aliphatic heterocycles. The first-order valence-corrected chi connectivity index (χ1v) is 5.71. The Balaban J connectivity index is 1.65. The van der Waals surface area contributed by atoms with Gasteiger partial charge in [0.25, 0.3) is 0 Å². The molecule has 88 valence electrons. The van der Waals surface area contributed by atoms with E-state index in [1.54, 1.807) is 12.4 Å². The van der Waals surface area contributed by atoms with Crippen LogP contribution >= 0.6 is 0 Å². The Morgan fingerprint density at radius 3 is 2.59 bits per heavy atom. The maximum Gasteiger partial charge on any atom is 0.225 e. The first-order chi connectivity index (χ1) is 8.43. The predicted octanol–water partition coefficient (Wildman–Crippen LogP) is 1.24. The molecule has 17 heavy (non-hydrogen) atoms. The Labute approximate surface area is 98.7 Å². The molecule has 1 fully saturated rings. The van der Waals surface area contributed by atoms with E-state index in [0.29, 0.717) is 5.92 Å². The second-order valence-corrected chi connectivity index (χ2v) is 4.09. The summed E-state index contributed by atoms with van der Waals surface area (Å²) in [5.74, 6) is 1.92. The van der Waals surface area contributed by atoms with Crippen LogP contribution in [0, 0.1) is 0 Å². The highest BCUT2D eigenvalue weighted by Crippen LogP contribution is 2.27. The molecule has 0 aliphatic carbocycles. The molecular formula is C11H13N5O. The van der Waals surface area contributed by atoms with Crippen molar-refractivity contribution >= 4 is 5.95 Å². The van der Waals surface area contributed by atoms with E-state index < -0.39 is 0 Å². The van der Waals surface area contributed by atoms with Gasteiger partial charge < -0.3 is 9.32 Å². The van der Waals surface area contributed by atoms with E-state index in [9.17, 15) is 0 Å². The fourth-order valence-electron chi connectivity index (χ4n) is 2.14. The van der Waals surface area contributed by atoms with Crippen LogP contribution in [0.25, 0.3) is 0 Å². The molecule has 3 rings (SSSR count). The second-order valence-electron chi connectivity index (χ2n) is 4.09. The van der Waals surface area contributed by atoms with Gasteiger partial charge in [-0.1, -0.05) is 0 Å². The van der Waals surface area contributed by atoms with Crippen LogP contribution in [0.2, 0.25) is 0 Å². The average Bonchev–Trinajstić information content (AvgIpc) is 2.94. The molecule has 2 aromatic heterocycles. The van der Waals surface area contributed by atoms with Crippen LogP contribution < -0.4 is 4.90 Å². The van der Waals surface area contributed by atoms with Crippen molar-refractivity contribution in [2.24, 2.45) is 0 Å². The Kier molecular flexibility index (Phi) is 2.69.